The van der Waals surface area contributed by atoms with E-state index < -0.39 is 8.07 Å². The molecule has 5 aliphatic rings. The molecule has 7 aromatic carbocycles. The van der Waals surface area contributed by atoms with Gasteiger partial charge < -0.3 is 9.80 Å². The van der Waals surface area contributed by atoms with Crippen LogP contribution >= 0.6 is 0 Å². The molecule has 57 heavy (non-hydrogen) atoms. The molecule has 0 aromatic heterocycles. The SMILES string of the molecule is C[Si]1(C)c2ccccc2-c2ccc(N(c3ccccc3)c3ccc(C4(c5ccc(N(c6ccccc6)c6ccccc6)cc5)C5CC6CC(C5)CC4C6)cc3)cc21. The van der Waals surface area contributed by atoms with Gasteiger partial charge in [0.2, 0.25) is 0 Å². The van der Waals surface area contributed by atoms with E-state index in [1.54, 1.807) is 5.19 Å². The third kappa shape index (κ3) is 5.50. The van der Waals surface area contributed by atoms with Gasteiger partial charge in [-0.15, -0.1) is 0 Å². The lowest BCUT2D eigenvalue weighted by molar-refractivity contribution is -0.0418. The minimum atomic E-state index is -1.83. The Morgan fingerprint density at radius 3 is 1.26 bits per heavy atom. The van der Waals surface area contributed by atoms with Crippen molar-refractivity contribution in [2.75, 3.05) is 9.80 Å². The molecule has 0 amide bonds. The molecule has 4 saturated carbocycles. The largest absolute Gasteiger partial charge is 0.311 e. The lowest BCUT2D eigenvalue weighted by Gasteiger charge is -2.62. The third-order valence-electron chi connectivity index (χ3n) is 14.5. The van der Waals surface area contributed by atoms with Crippen LogP contribution in [0.15, 0.2) is 182 Å². The summed E-state index contributed by atoms with van der Waals surface area (Å²) in [5.74, 6) is 3.11. The van der Waals surface area contributed by atoms with Crippen molar-refractivity contribution in [2.24, 2.45) is 23.7 Å². The summed E-state index contributed by atoms with van der Waals surface area (Å²) in [6, 6.07) is 68.6. The van der Waals surface area contributed by atoms with Gasteiger partial charge in [0.1, 0.15) is 8.07 Å². The van der Waals surface area contributed by atoms with E-state index in [1.807, 2.05) is 0 Å². The molecule has 4 bridgehead atoms. The highest BCUT2D eigenvalue weighted by Gasteiger charge is 2.58. The average Bonchev–Trinajstić information content (AvgIpc) is 3.48. The normalized spacial score (nSPS) is 23.5. The molecular formula is C54H50N2Si. The zero-order chi connectivity index (χ0) is 38.1. The van der Waals surface area contributed by atoms with Gasteiger partial charge >= 0.3 is 0 Å². The molecule has 0 atom stereocenters. The van der Waals surface area contributed by atoms with E-state index >= 15 is 0 Å². The van der Waals surface area contributed by atoms with Crippen molar-refractivity contribution in [2.45, 2.75) is 50.6 Å². The molecule has 0 radical (unpaired) electrons. The molecule has 0 spiro atoms. The van der Waals surface area contributed by atoms with Gasteiger partial charge in [0, 0.05) is 39.5 Å². The van der Waals surface area contributed by atoms with Crippen LogP contribution in [0.5, 0.6) is 0 Å². The van der Waals surface area contributed by atoms with E-state index in [4.69, 9.17) is 0 Å². The van der Waals surface area contributed by atoms with Gasteiger partial charge in [0.15, 0.2) is 0 Å². The van der Waals surface area contributed by atoms with Crippen molar-refractivity contribution in [3.8, 4) is 11.1 Å². The number of rotatable bonds is 8. The summed E-state index contributed by atoms with van der Waals surface area (Å²) >= 11 is 0. The first-order valence-electron chi connectivity index (χ1n) is 21.2. The molecule has 280 valence electrons. The van der Waals surface area contributed by atoms with Crippen LogP contribution in [0.1, 0.15) is 43.2 Å². The summed E-state index contributed by atoms with van der Waals surface area (Å²) in [5, 5.41) is 3.09. The van der Waals surface area contributed by atoms with Crippen molar-refractivity contribution in [3.63, 3.8) is 0 Å². The lowest BCUT2D eigenvalue weighted by Crippen LogP contribution is -2.56. The van der Waals surface area contributed by atoms with Crippen molar-refractivity contribution in [3.05, 3.63) is 193 Å². The van der Waals surface area contributed by atoms with Gasteiger partial charge in [-0.25, -0.2) is 0 Å². The zero-order valence-electron chi connectivity index (χ0n) is 33.1. The van der Waals surface area contributed by atoms with Gasteiger partial charge in [-0.3, -0.25) is 0 Å². The van der Waals surface area contributed by atoms with Crippen LogP contribution in [0, 0.1) is 23.7 Å². The summed E-state index contributed by atoms with van der Waals surface area (Å²) in [5.41, 5.74) is 13.1. The molecule has 4 fully saturated rings. The van der Waals surface area contributed by atoms with E-state index in [1.165, 1.54) is 93.7 Å². The number of fused-ring (bicyclic) bond motifs is 3. The molecule has 0 N–H and O–H groups in total. The maximum absolute atomic E-state index is 2.52. The molecule has 3 heteroatoms. The Morgan fingerprint density at radius 2 is 0.772 bits per heavy atom. The molecule has 0 saturated heterocycles. The average molecular weight is 755 g/mol. The topological polar surface area (TPSA) is 6.48 Å². The Balaban J connectivity index is 1.01. The van der Waals surface area contributed by atoms with Gasteiger partial charge in [-0.1, -0.05) is 122 Å². The molecule has 2 nitrogen and oxygen atoms in total. The van der Waals surface area contributed by atoms with Gasteiger partial charge in [-0.2, -0.15) is 0 Å². The Kier molecular flexibility index (Phi) is 8.19. The molecule has 0 unspecified atom stereocenters. The van der Waals surface area contributed by atoms with Crippen LogP contribution in [0.25, 0.3) is 11.1 Å². The first-order chi connectivity index (χ1) is 28.0. The minimum absolute atomic E-state index is 0.0152. The monoisotopic (exact) mass is 754 g/mol. The van der Waals surface area contributed by atoms with Crippen molar-refractivity contribution < 1.29 is 0 Å². The molecule has 7 aromatic rings. The van der Waals surface area contributed by atoms with E-state index in [0.29, 0.717) is 11.8 Å². The Morgan fingerprint density at radius 1 is 0.386 bits per heavy atom. The predicted octanol–water partition coefficient (Wildman–Crippen LogP) is 13.2. The second kappa shape index (κ2) is 13.5. The van der Waals surface area contributed by atoms with Crippen molar-refractivity contribution in [1.29, 1.82) is 0 Å². The third-order valence-corrected chi connectivity index (χ3v) is 18.0. The Hall–Kier alpha value is -5.64. The quantitative estimate of drug-likeness (QED) is 0.143. The lowest BCUT2D eigenvalue weighted by atomic mass is 9.42. The maximum atomic E-state index is 2.52. The Labute approximate surface area is 339 Å². The zero-order valence-corrected chi connectivity index (χ0v) is 34.1. The molecule has 1 aliphatic heterocycles. The fourth-order valence-corrected chi connectivity index (χ4v) is 15.4. The van der Waals surface area contributed by atoms with Crippen molar-refractivity contribution in [1.82, 2.24) is 0 Å². The van der Waals surface area contributed by atoms with Crippen molar-refractivity contribution >= 4 is 52.6 Å². The summed E-state index contributed by atoms with van der Waals surface area (Å²) in [6.07, 6.45) is 6.85. The van der Waals surface area contributed by atoms with Gasteiger partial charge in [-0.05, 0) is 161 Å². The van der Waals surface area contributed by atoms with Crippen LogP contribution in [0.3, 0.4) is 0 Å². The molecule has 4 aliphatic carbocycles. The maximum Gasteiger partial charge on any atom is 0.113 e. The summed E-state index contributed by atoms with van der Waals surface area (Å²) in [7, 11) is -1.83. The first-order valence-corrected chi connectivity index (χ1v) is 24.2. The fourth-order valence-electron chi connectivity index (χ4n) is 12.3. The first kappa shape index (κ1) is 34.6. The summed E-state index contributed by atoms with van der Waals surface area (Å²) < 4.78 is 0. The smallest absolute Gasteiger partial charge is 0.113 e. The number of para-hydroxylation sites is 3. The van der Waals surface area contributed by atoms with E-state index in [0.717, 1.165) is 11.8 Å². The molecule has 1 heterocycles. The minimum Gasteiger partial charge on any atom is -0.311 e. The number of nitrogens with zero attached hydrogens (tertiary/aromatic N) is 2. The summed E-state index contributed by atoms with van der Waals surface area (Å²) in [4.78, 5) is 4.87. The van der Waals surface area contributed by atoms with Crippen LogP contribution in [-0.2, 0) is 5.41 Å². The Bertz CT molecular complexity index is 2480. The second-order valence-corrected chi connectivity index (χ2v) is 22.2. The van der Waals surface area contributed by atoms with E-state index in [9.17, 15) is 0 Å². The van der Waals surface area contributed by atoms with Gasteiger partial charge in [0.05, 0.1) is 0 Å². The predicted molar refractivity (Wildman–Crippen MR) is 242 cm³/mol. The number of benzene rings is 7. The standard InChI is InChI=1S/C54H50N2Si/c1-57(2)52-21-13-12-20-50(52)51-31-30-49(37-53(51)57)56(46-18-10-5-11-19-46)48-28-24-41(25-29-48)54(42-33-38-32-39(35-42)36-43(54)34-38)40-22-26-47(27-23-40)55(44-14-6-3-7-15-44)45-16-8-4-9-17-45/h3-31,37-39,42-43H,32-36H2,1-2H3. The van der Waals surface area contributed by atoms with Gasteiger partial charge in [0.25, 0.3) is 0 Å². The number of hydrogen-bond acceptors (Lipinski definition) is 2. The van der Waals surface area contributed by atoms with E-state index in [2.05, 4.69) is 205 Å². The van der Waals surface area contributed by atoms with Crippen LogP contribution in [0.4, 0.5) is 34.1 Å². The highest BCUT2D eigenvalue weighted by atomic mass is 28.3. The highest BCUT2D eigenvalue weighted by molar-refractivity contribution is 7.03. The number of hydrogen-bond donors (Lipinski definition) is 0. The van der Waals surface area contributed by atoms with E-state index in [-0.39, 0.29) is 5.41 Å². The van der Waals surface area contributed by atoms with Crippen LogP contribution in [-0.4, -0.2) is 8.07 Å². The summed E-state index contributed by atoms with van der Waals surface area (Å²) in [6.45, 7) is 5.03. The number of anilines is 6. The van der Waals surface area contributed by atoms with Crippen LogP contribution < -0.4 is 20.2 Å². The highest BCUT2D eigenvalue weighted by Crippen LogP contribution is 2.65. The molecule has 12 rings (SSSR count). The second-order valence-electron chi connectivity index (χ2n) is 17.8. The fraction of sp³-hybridized carbons (Fsp3) is 0.222. The van der Waals surface area contributed by atoms with Crippen LogP contribution in [0.2, 0.25) is 13.1 Å². The molecular weight excluding hydrogens is 705 g/mol.